The van der Waals surface area contributed by atoms with E-state index in [9.17, 15) is 10.1 Å². The summed E-state index contributed by atoms with van der Waals surface area (Å²) >= 11 is 0. The molecule has 6 nitrogen and oxygen atoms in total. The number of piperidine rings is 1. The smallest absolute Gasteiger partial charge is 0.311 e. The molecule has 1 atom stereocenters. The van der Waals surface area contributed by atoms with Crippen molar-refractivity contribution in [2.24, 2.45) is 5.73 Å². The Balaban J connectivity index is 2.30. The first-order valence-corrected chi connectivity index (χ1v) is 6.30. The Kier molecular flexibility index (Phi) is 4.09. The minimum atomic E-state index is -0.365. The Bertz CT molecular complexity index is 422. The first-order chi connectivity index (χ1) is 8.74. The third kappa shape index (κ3) is 2.59. The molecule has 1 aliphatic rings. The minimum Gasteiger partial charge on any atom is -0.348 e. The van der Waals surface area contributed by atoms with Crippen molar-refractivity contribution in [1.29, 1.82) is 0 Å². The van der Waals surface area contributed by atoms with Gasteiger partial charge in [0.2, 0.25) is 5.82 Å². The van der Waals surface area contributed by atoms with Crippen LogP contribution in [-0.4, -0.2) is 29.0 Å². The predicted molar refractivity (Wildman–Crippen MR) is 69.5 cm³/mol. The number of anilines is 1. The van der Waals surface area contributed by atoms with Crippen LogP contribution in [0, 0.1) is 10.1 Å². The molecule has 1 saturated heterocycles. The average Bonchev–Trinajstić information content (AvgIpc) is 2.40. The number of hydrogen-bond acceptors (Lipinski definition) is 5. The van der Waals surface area contributed by atoms with Crippen LogP contribution in [0.3, 0.4) is 0 Å². The topological polar surface area (TPSA) is 85.3 Å². The first kappa shape index (κ1) is 12.8. The van der Waals surface area contributed by atoms with Crippen LogP contribution in [0.25, 0.3) is 0 Å². The van der Waals surface area contributed by atoms with Gasteiger partial charge in [-0.1, -0.05) is 0 Å². The molecule has 98 valence electrons. The average molecular weight is 250 g/mol. The third-order valence-corrected chi connectivity index (χ3v) is 3.36. The summed E-state index contributed by atoms with van der Waals surface area (Å²) in [7, 11) is 0. The third-order valence-electron chi connectivity index (χ3n) is 3.36. The van der Waals surface area contributed by atoms with Crippen molar-refractivity contribution >= 4 is 11.5 Å². The maximum atomic E-state index is 11.0. The zero-order valence-corrected chi connectivity index (χ0v) is 10.3. The van der Waals surface area contributed by atoms with Gasteiger partial charge in [-0.25, -0.2) is 4.98 Å². The van der Waals surface area contributed by atoms with Crippen molar-refractivity contribution in [2.75, 3.05) is 18.0 Å². The highest BCUT2D eigenvalue weighted by molar-refractivity contribution is 5.58. The van der Waals surface area contributed by atoms with Crippen LogP contribution < -0.4 is 10.6 Å². The van der Waals surface area contributed by atoms with E-state index >= 15 is 0 Å². The van der Waals surface area contributed by atoms with Gasteiger partial charge in [0.1, 0.15) is 0 Å². The van der Waals surface area contributed by atoms with Crippen molar-refractivity contribution in [3.05, 3.63) is 28.4 Å². The Morgan fingerprint density at radius 3 is 3.11 bits per heavy atom. The van der Waals surface area contributed by atoms with E-state index in [0.717, 1.165) is 32.2 Å². The van der Waals surface area contributed by atoms with Crippen molar-refractivity contribution in [1.82, 2.24) is 4.98 Å². The molecule has 0 radical (unpaired) electrons. The highest BCUT2D eigenvalue weighted by Crippen LogP contribution is 2.31. The monoisotopic (exact) mass is 250 g/mol. The van der Waals surface area contributed by atoms with Crippen molar-refractivity contribution in [3.8, 4) is 0 Å². The second kappa shape index (κ2) is 5.77. The summed E-state index contributed by atoms with van der Waals surface area (Å²) in [4.78, 5) is 16.9. The molecule has 2 heterocycles. The zero-order chi connectivity index (χ0) is 13.0. The van der Waals surface area contributed by atoms with Gasteiger partial charge in [0.15, 0.2) is 0 Å². The second-order valence-electron chi connectivity index (χ2n) is 4.52. The highest BCUT2D eigenvalue weighted by Gasteiger charge is 2.28. The molecule has 2 N–H and O–H groups in total. The van der Waals surface area contributed by atoms with Gasteiger partial charge < -0.3 is 10.6 Å². The number of pyridine rings is 1. The van der Waals surface area contributed by atoms with Gasteiger partial charge in [-0.05, 0) is 38.3 Å². The van der Waals surface area contributed by atoms with Crippen molar-refractivity contribution in [3.63, 3.8) is 0 Å². The van der Waals surface area contributed by atoms with Gasteiger partial charge in [0.05, 0.1) is 4.92 Å². The molecule has 1 aliphatic heterocycles. The van der Waals surface area contributed by atoms with Gasteiger partial charge in [-0.3, -0.25) is 10.1 Å². The quantitative estimate of drug-likeness (QED) is 0.649. The molecule has 1 fully saturated rings. The minimum absolute atomic E-state index is 0.0846. The molecule has 1 aromatic rings. The molecule has 0 aliphatic carbocycles. The lowest BCUT2D eigenvalue weighted by atomic mass is 9.99. The number of aromatic nitrogens is 1. The molecule has 2 rings (SSSR count). The highest BCUT2D eigenvalue weighted by atomic mass is 16.6. The number of hydrogen-bond donors (Lipinski definition) is 1. The SMILES string of the molecule is NCCC1CCCCN1c1ncccc1[N+](=O)[O-]. The van der Waals surface area contributed by atoms with Crippen molar-refractivity contribution in [2.45, 2.75) is 31.7 Å². The van der Waals surface area contributed by atoms with Gasteiger partial charge in [-0.15, -0.1) is 0 Å². The molecule has 1 unspecified atom stereocenters. The van der Waals surface area contributed by atoms with Crippen LogP contribution >= 0.6 is 0 Å². The van der Waals surface area contributed by atoms with Crippen LogP contribution in [0.5, 0.6) is 0 Å². The number of nitro groups is 1. The lowest BCUT2D eigenvalue weighted by molar-refractivity contribution is -0.384. The van der Waals surface area contributed by atoms with E-state index in [-0.39, 0.29) is 16.7 Å². The van der Waals surface area contributed by atoms with Crippen LogP contribution in [0.1, 0.15) is 25.7 Å². The normalized spacial score (nSPS) is 19.8. The number of nitrogens with two attached hydrogens (primary N) is 1. The summed E-state index contributed by atoms with van der Waals surface area (Å²) in [5.41, 5.74) is 5.70. The van der Waals surface area contributed by atoms with Crippen molar-refractivity contribution < 1.29 is 4.92 Å². The number of rotatable bonds is 4. The summed E-state index contributed by atoms with van der Waals surface area (Å²) in [5.74, 6) is 0.487. The summed E-state index contributed by atoms with van der Waals surface area (Å²) in [5, 5.41) is 11.0. The molecular formula is C12H18N4O2. The first-order valence-electron chi connectivity index (χ1n) is 6.30. The maximum Gasteiger partial charge on any atom is 0.311 e. The molecular weight excluding hydrogens is 232 g/mol. The Labute approximate surface area is 106 Å². The van der Waals surface area contributed by atoms with Crippen LogP contribution in [0.15, 0.2) is 18.3 Å². The second-order valence-corrected chi connectivity index (χ2v) is 4.52. The standard InChI is InChI=1S/C12H18N4O2/c13-7-6-10-4-1-2-9-15(10)12-11(16(17)18)5-3-8-14-12/h3,5,8,10H,1-2,4,6-7,9,13H2. The number of nitrogens with zero attached hydrogens (tertiary/aromatic N) is 3. The van der Waals surface area contributed by atoms with Gasteiger partial charge >= 0.3 is 5.69 Å². The summed E-state index contributed by atoms with van der Waals surface area (Å²) < 4.78 is 0. The zero-order valence-electron chi connectivity index (χ0n) is 10.3. The molecule has 0 aromatic carbocycles. The van der Waals surface area contributed by atoms with Crippen LogP contribution in [0.4, 0.5) is 11.5 Å². The lowest BCUT2D eigenvalue weighted by Gasteiger charge is -2.36. The fourth-order valence-electron chi connectivity index (χ4n) is 2.52. The van der Waals surface area contributed by atoms with Gasteiger partial charge in [0.25, 0.3) is 0 Å². The van der Waals surface area contributed by atoms with Crippen LogP contribution in [0.2, 0.25) is 0 Å². The Morgan fingerprint density at radius 2 is 2.39 bits per heavy atom. The fourth-order valence-corrected chi connectivity index (χ4v) is 2.52. The maximum absolute atomic E-state index is 11.0. The molecule has 0 saturated carbocycles. The Hall–Kier alpha value is -1.69. The van der Waals surface area contributed by atoms with E-state index in [0.29, 0.717) is 12.4 Å². The van der Waals surface area contributed by atoms with E-state index in [1.165, 1.54) is 6.07 Å². The lowest BCUT2D eigenvalue weighted by Crippen LogP contribution is -2.41. The van der Waals surface area contributed by atoms with E-state index in [4.69, 9.17) is 5.73 Å². The molecule has 6 heteroatoms. The summed E-state index contributed by atoms with van der Waals surface area (Å²) in [6, 6.07) is 3.39. The summed E-state index contributed by atoms with van der Waals surface area (Å²) in [6.07, 6.45) is 5.70. The molecule has 0 bridgehead atoms. The van der Waals surface area contributed by atoms with E-state index in [1.54, 1.807) is 12.3 Å². The van der Waals surface area contributed by atoms with Crippen LogP contribution in [-0.2, 0) is 0 Å². The molecule has 18 heavy (non-hydrogen) atoms. The Morgan fingerprint density at radius 1 is 1.56 bits per heavy atom. The predicted octanol–water partition coefficient (Wildman–Crippen LogP) is 1.70. The van der Waals surface area contributed by atoms with E-state index in [1.807, 2.05) is 0 Å². The summed E-state index contributed by atoms with van der Waals surface area (Å²) in [6.45, 7) is 1.42. The molecule has 0 amide bonds. The van der Waals surface area contributed by atoms with E-state index in [2.05, 4.69) is 9.88 Å². The molecule has 0 spiro atoms. The molecule has 1 aromatic heterocycles. The van der Waals surface area contributed by atoms with E-state index < -0.39 is 0 Å². The van der Waals surface area contributed by atoms with Gasteiger partial charge in [-0.2, -0.15) is 0 Å². The van der Waals surface area contributed by atoms with Gasteiger partial charge in [0, 0.05) is 24.8 Å². The largest absolute Gasteiger partial charge is 0.348 e. The fraction of sp³-hybridized carbons (Fsp3) is 0.583.